The fourth-order valence-corrected chi connectivity index (χ4v) is 1.27. The van der Waals surface area contributed by atoms with Crippen LogP contribution in [0.1, 0.15) is 24.8 Å². The van der Waals surface area contributed by atoms with Gasteiger partial charge in [-0.25, -0.2) is 0 Å². The molecule has 0 heterocycles. The molecule has 0 aliphatic rings. The summed E-state index contributed by atoms with van der Waals surface area (Å²) in [7, 11) is 0. The maximum Gasteiger partial charge on any atom is 0.217 e. The average Bonchev–Trinajstić information content (AvgIpc) is 2.24. The van der Waals surface area contributed by atoms with Crippen molar-refractivity contribution in [2.24, 2.45) is 5.73 Å². The van der Waals surface area contributed by atoms with E-state index in [-0.39, 0.29) is 18.3 Å². The lowest BCUT2D eigenvalue weighted by atomic mass is 10.2. The standard InChI is InChI=1S/C12H17NO2.ClH/c13-12(14)8-4-5-9-15-10-11-6-2-1-3-7-11;/h1-3,6-7H,4-5,8-10H2,(H2,13,14);1H. The van der Waals surface area contributed by atoms with Gasteiger partial charge in [0.05, 0.1) is 6.61 Å². The first kappa shape index (κ1) is 14.9. The summed E-state index contributed by atoms with van der Waals surface area (Å²) in [6.45, 7) is 1.32. The minimum atomic E-state index is -0.238. The first-order chi connectivity index (χ1) is 7.29. The lowest BCUT2D eigenvalue weighted by molar-refractivity contribution is -0.118. The van der Waals surface area contributed by atoms with Crippen molar-refractivity contribution in [2.75, 3.05) is 6.61 Å². The summed E-state index contributed by atoms with van der Waals surface area (Å²) in [6.07, 6.45) is 2.15. The molecule has 1 aromatic rings. The Bertz CT molecular complexity index is 290. The second kappa shape index (κ2) is 9.19. The van der Waals surface area contributed by atoms with Gasteiger partial charge in [-0.05, 0) is 18.4 Å². The van der Waals surface area contributed by atoms with Crippen molar-refractivity contribution in [1.29, 1.82) is 0 Å². The van der Waals surface area contributed by atoms with Crippen LogP contribution in [0.15, 0.2) is 30.3 Å². The molecule has 0 radical (unpaired) electrons. The van der Waals surface area contributed by atoms with E-state index in [1.54, 1.807) is 0 Å². The zero-order valence-electron chi connectivity index (χ0n) is 9.22. The molecule has 0 atom stereocenters. The van der Waals surface area contributed by atoms with Gasteiger partial charge in [0.1, 0.15) is 0 Å². The van der Waals surface area contributed by atoms with Crippen molar-refractivity contribution in [3.05, 3.63) is 35.9 Å². The highest BCUT2D eigenvalue weighted by atomic mass is 35.5. The van der Waals surface area contributed by atoms with Gasteiger partial charge in [-0.1, -0.05) is 30.3 Å². The summed E-state index contributed by atoms with van der Waals surface area (Å²) < 4.78 is 5.45. The minimum absolute atomic E-state index is 0. The molecule has 0 saturated heterocycles. The van der Waals surface area contributed by atoms with Crippen molar-refractivity contribution < 1.29 is 9.53 Å². The van der Waals surface area contributed by atoms with Crippen LogP contribution in [0.2, 0.25) is 0 Å². The fraction of sp³-hybridized carbons (Fsp3) is 0.417. The molecule has 1 aromatic carbocycles. The van der Waals surface area contributed by atoms with E-state index in [1.807, 2.05) is 30.3 Å². The molecule has 1 rings (SSSR count). The van der Waals surface area contributed by atoms with E-state index in [0.29, 0.717) is 19.6 Å². The van der Waals surface area contributed by atoms with Gasteiger partial charge >= 0.3 is 0 Å². The Hall–Kier alpha value is -1.06. The number of ether oxygens (including phenoxy) is 1. The Labute approximate surface area is 102 Å². The van der Waals surface area contributed by atoms with Crippen LogP contribution in [0.5, 0.6) is 0 Å². The molecule has 2 N–H and O–H groups in total. The van der Waals surface area contributed by atoms with Crippen LogP contribution < -0.4 is 5.73 Å². The SMILES string of the molecule is Cl.NC(=O)CCCCOCc1ccccc1. The molecule has 0 fully saturated rings. The van der Waals surface area contributed by atoms with Gasteiger partial charge in [-0.2, -0.15) is 0 Å². The van der Waals surface area contributed by atoms with Crippen LogP contribution in [0.4, 0.5) is 0 Å². The summed E-state index contributed by atoms with van der Waals surface area (Å²) in [5.74, 6) is -0.238. The van der Waals surface area contributed by atoms with E-state index in [2.05, 4.69) is 0 Å². The predicted octanol–water partition coefficient (Wildman–Crippen LogP) is 2.28. The van der Waals surface area contributed by atoms with E-state index in [4.69, 9.17) is 10.5 Å². The number of unbranched alkanes of at least 4 members (excludes halogenated alkanes) is 1. The van der Waals surface area contributed by atoms with Crippen LogP contribution in [-0.2, 0) is 16.1 Å². The minimum Gasteiger partial charge on any atom is -0.377 e. The Morgan fingerprint density at radius 1 is 1.19 bits per heavy atom. The first-order valence-corrected chi connectivity index (χ1v) is 5.19. The van der Waals surface area contributed by atoms with Crippen LogP contribution in [0, 0.1) is 0 Å². The number of hydrogen-bond donors (Lipinski definition) is 1. The first-order valence-electron chi connectivity index (χ1n) is 5.19. The molecule has 1 amide bonds. The highest BCUT2D eigenvalue weighted by molar-refractivity contribution is 5.85. The quantitative estimate of drug-likeness (QED) is 0.747. The van der Waals surface area contributed by atoms with E-state index in [1.165, 1.54) is 5.56 Å². The molecule has 90 valence electrons. The summed E-state index contributed by atoms with van der Waals surface area (Å²) in [4.78, 5) is 10.4. The topological polar surface area (TPSA) is 52.3 Å². The maximum atomic E-state index is 10.4. The average molecular weight is 244 g/mol. The Balaban J connectivity index is 0.00000225. The number of primary amides is 1. The number of halogens is 1. The fourth-order valence-electron chi connectivity index (χ4n) is 1.27. The maximum absolute atomic E-state index is 10.4. The number of hydrogen-bond acceptors (Lipinski definition) is 2. The molecule has 0 saturated carbocycles. The highest BCUT2D eigenvalue weighted by Crippen LogP contribution is 2.02. The molecule has 4 heteroatoms. The smallest absolute Gasteiger partial charge is 0.217 e. The van der Waals surface area contributed by atoms with Gasteiger partial charge < -0.3 is 10.5 Å². The third-order valence-corrected chi connectivity index (χ3v) is 2.07. The normalized spacial score (nSPS) is 9.50. The van der Waals surface area contributed by atoms with Crippen molar-refractivity contribution in [1.82, 2.24) is 0 Å². The molecular formula is C12H18ClNO2. The zero-order chi connectivity index (χ0) is 10.9. The number of rotatable bonds is 7. The third-order valence-electron chi connectivity index (χ3n) is 2.07. The lowest BCUT2D eigenvalue weighted by Gasteiger charge is -2.03. The largest absolute Gasteiger partial charge is 0.377 e. The third kappa shape index (κ3) is 7.26. The van der Waals surface area contributed by atoms with Gasteiger partial charge in [-0.3, -0.25) is 4.79 Å². The molecule has 0 aromatic heterocycles. The van der Waals surface area contributed by atoms with E-state index in [9.17, 15) is 4.79 Å². The molecule has 0 aliphatic heterocycles. The molecule has 0 aliphatic carbocycles. The van der Waals surface area contributed by atoms with Crippen molar-refractivity contribution in [2.45, 2.75) is 25.9 Å². The van der Waals surface area contributed by atoms with E-state index >= 15 is 0 Å². The Kier molecular flexibility index (Phi) is 8.58. The van der Waals surface area contributed by atoms with Crippen LogP contribution in [-0.4, -0.2) is 12.5 Å². The van der Waals surface area contributed by atoms with Crippen molar-refractivity contribution in [3.8, 4) is 0 Å². The molecule has 3 nitrogen and oxygen atoms in total. The molecule has 16 heavy (non-hydrogen) atoms. The molecular weight excluding hydrogens is 226 g/mol. The summed E-state index contributed by atoms with van der Waals surface area (Å²) >= 11 is 0. The summed E-state index contributed by atoms with van der Waals surface area (Å²) in [6, 6.07) is 10.0. The number of carbonyl (C=O) groups is 1. The van der Waals surface area contributed by atoms with Crippen LogP contribution >= 0.6 is 12.4 Å². The lowest BCUT2D eigenvalue weighted by Crippen LogP contribution is -2.10. The Morgan fingerprint density at radius 2 is 1.88 bits per heavy atom. The van der Waals surface area contributed by atoms with E-state index in [0.717, 1.165) is 12.8 Å². The second-order valence-corrected chi connectivity index (χ2v) is 3.46. The summed E-state index contributed by atoms with van der Waals surface area (Å²) in [5, 5.41) is 0. The summed E-state index contributed by atoms with van der Waals surface area (Å²) in [5.41, 5.74) is 6.19. The van der Waals surface area contributed by atoms with Gasteiger partial charge in [0, 0.05) is 13.0 Å². The van der Waals surface area contributed by atoms with Crippen LogP contribution in [0.25, 0.3) is 0 Å². The highest BCUT2D eigenvalue weighted by Gasteiger charge is 1.95. The van der Waals surface area contributed by atoms with Gasteiger partial charge in [-0.15, -0.1) is 12.4 Å². The number of nitrogens with two attached hydrogens (primary N) is 1. The van der Waals surface area contributed by atoms with Crippen molar-refractivity contribution >= 4 is 18.3 Å². The number of amides is 1. The van der Waals surface area contributed by atoms with Gasteiger partial charge in [0.25, 0.3) is 0 Å². The zero-order valence-corrected chi connectivity index (χ0v) is 10.0. The molecule has 0 unspecified atom stereocenters. The van der Waals surface area contributed by atoms with Gasteiger partial charge in [0.2, 0.25) is 5.91 Å². The number of carbonyl (C=O) groups excluding carboxylic acids is 1. The monoisotopic (exact) mass is 243 g/mol. The van der Waals surface area contributed by atoms with Crippen molar-refractivity contribution in [3.63, 3.8) is 0 Å². The molecule has 0 spiro atoms. The predicted molar refractivity (Wildman–Crippen MR) is 66.4 cm³/mol. The van der Waals surface area contributed by atoms with Gasteiger partial charge in [0.15, 0.2) is 0 Å². The molecule has 0 bridgehead atoms. The number of benzene rings is 1. The van der Waals surface area contributed by atoms with E-state index < -0.39 is 0 Å². The Morgan fingerprint density at radius 3 is 2.50 bits per heavy atom. The van der Waals surface area contributed by atoms with Crippen LogP contribution in [0.3, 0.4) is 0 Å². The second-order valence-electron chi connectivity index (χ2n) is 3.46.